The van der Waals surface area contributed by atoms with Crippen molar-refractivity contribution in [2.45, 2.75) is 5.92 Å². The lowest BCUT2D eigenvalue weighted by Gasteiger charge is -2.03. The van der Waals surface area contributed by atoms with Crippen LogP contribution in [0.25, 0.3) is 0 Å². The zero-order chi connectivity index (χ0) is 11.9. The summed E-state index contributed by atoms with van der Waals surface area (Å²) >= 11 is 0. The fourth-order valence-corrected chi connectivity index (χ4v) is 1.56. The molecule has 2 aromatic carbocycles. The quantitative estimate of drug-likeness (QED) is 0.577. The molecule has 0 saturated heterocycles. The van der Waals surface area contributed by atoms with Crippen molar-refractivity contribution >= 4 is 18.2 Å². The zero-order valence-corrected chi connectivity index (χ0v) is 9.36. The molecule has 1 unspecified atom stereocenters. The number of benzene rings is 2. The van der Waals surface area contributed by atoms with Gasteiger partial charge in [0.15, 0.2) is 0 Å². The second-order valence-electron chi connectivity index (χ2n) is 3.69. The second-order valence-corrected chi connectivity index (χ2v) is 3.69. The molecular weight excluding hydrogens is 210 g/mol. The minimum Gasteiger partial charge on any atom is -0.302 e. The van der Waals surface area contributed by atoms with Crippen LogP contribution in [0.1, 0.15) is 11.5 Å². The van der Waals surface area contributed by atoms with Gasteiger partial charge in [-0.2, -0.15) is 0 Å². The summed E-state index contributed by atoms with van der Waals surface area (Å²) in [7, 11) is 0. The topological polar surface area (TPSA) is 29.4 Å². The normalized spacial score (nSPS) is 12.5. The Hall–Kier alpha value is -2.22. The fraction of sp³-hybridized carbons (Fsp3) is 0.0667. The van der Waals surface area contributed by atoms with Crippen molar-refractivity contribution in [1.82, 2.24) is 0 Å². The maximum atomic E-state index is 11.0. The first-order valence-electron chi connectivity index (χ1n) is 5.49. The third kappa shape index (κ3) is 3.11. The van der Waals surface area contributed by atoms with Gasteiger partial charge in [-0.05, 0) is 17.7 Å². The van der Waals surface area contributed by atoms with Gasteiger partial charge in [0, 0.05) is 6.21 Å². The summed E-state index contributed by atoms with van der Waals surface area (Å²) in [5, 5.41) is 0. The van der Waals surface area contributed by atoms with E-state index in [1.54, 1.807) is 6.21 Å². The monoisotopic (exact) mass is 223 g/mol. The molecule has 0 heterocycles. The van der Waals surface area contributed by atoms with E-state index in [4.69, 9.17) is 0 Å². The standard InChI is InChI=1S/C15H13NO/c17-12-14(13-7-3-1-4-8-13)11-16-15-9-5-2-6-10-15/h1-12,14H. The van der Waals surface area contributed by atoms with E-state index in [0.29, 0.717) is 0 Å². The Morgan fingerprint density at radius 3 is 2.06 bits per heavy atom. The first kappa shape index (κ1) is 11.3. The van der Waals surface area contributed by atoms with E-state index in [-0.39, 0.29) is 5.92 Å². The van der Waals surface area contributed by atoms with Crippen LogP contribution < -0.4 is 0 Å². The molecule has 2 rings (SSSR count). The maximum Gasteiger partial charge on any atom is 0.132 e. The highest BCUT2D eigenvalue weighted by Gasteiger charge is 2.05. The zero-order valence-electron chi connectivity index (χ0n) is 9.36. The second kappa shape index (κ2) is 5.75. The summed E-state index contributed by atoms with van der Waals surface area (Å²) in [6, 6.07) is 19.2. The summed E-state index contributed by atoms with van der Waals surface area (Å²) in [6.45, 7) is 0. The van der Waals surface area contributed by atoms with Crippen molar-refractivity contribution in [1.29, 1.82) is 0 Å². The molecule has 0 aliphatic rings. The predicted molar refractivity (Wildman–Crippen MR) is 69.8 cm³/mol. The Bertz CT molecular complexity index is 491. The van der Waals surface area contributed by atoms with E-state index in [2.05, 4.69) is 4.99 Å². The van der Waals surface area contributed by atoms with Gasteiger partial charge in [0.2, 0.25) is 0 Å². The van der Waals surface area contributed by atoms with Gasteiger partial charge in [0.25, 0.3) is 0 Å². The number of hydrogen-bond donors (Lipinski definition) is 0. The molecule has 2 heteroatoms. The van der Waals surface area contributed by atoms with Gasteiger partial charge in [-0.1, -0.05) is 48.5 Å². The number of carbonyl (C=O) groups excluding carboxylic acids is 1. The maximum absolute atomic E-state index is 11.0. The molecule has 0 fully saturated rings. The predicted octanol–water partition coefficient (Wildman–Crippen LogP) is 3.37. The highest BCUT2D eigenvalue weighted by Crippen LogP contribution is 2.14. The van der Waals surface area contributed by atoms with Gasteiger partial charge < -0.3 is 4.79 Å². The Balaban J connectivity index is 2.16. The number of para-hydroxylation sites is 1. The van der Waals surface area contributed by atoms with E-state index in [1.165, 1.54) is 0 Å². The summed E-state index contributed by atoms with van der Waals surface area (Å²) in [4.78, 5) is 15.3. The van der Waals surface area contributed by atoms with E-state index < -0.39 is 0 Å². The molecular formula is C15H13NO. The number of aliphatic imine (C=N–C) groups is 1. The number of carbonyl (C=O) groups is 1. The first-order chi connectivity index (χ1) is 8.40. The molecule has 2 aromatic rings. The van der Waals surface area contributed by atoms with Crippen molar-refractivity contribution < 1.29 is 4.79 Å². The van der Waals surface area contributed by atoms with Crippen LogP contribution in [0.15, 0.2) is 65.7 Å². The van der Waals surface area contributed by atoms with Gasteiger partial charge in [0.05, 0.1) is 11.6 Å². The minimum absolute atomic E-state index is 0.281. The fourth-order valence-electron chi connectivity index (χ4n) is 1.56. The van der Waals surface area contributed by atoms with Gasteiger partial charge in [0.1, 0.15) is 6.29 Å². The van der Waals surface area contributed by atoms with Gasteiger partial charge in [-0.3, -0.25) is 4.99 Å². The Labute approximate surface area is 101 Å². The van der Waals surface area contributed by atoms with Crippen LogP contribution in [0.3, 0.4) is 0 Å². The van der Waals surface area contributed by atoms with Gasteiger partial charge >= 0.3 is 0 Å². The Kier molecular flexibility index (Phi) is 3.81. The summed E-state index contributed by atoms with van der Waals surface area (Å²) < 4.78 is 0. The van der Waals surface area contributed by atoms with Crippen molar-refractivity contribution in [3.63, 3.8) is 0 Å². The van der Waals surface area contributed by atoms with Crippen LogP contribution in [0.5, 0.6) is 0 Å². The summed E-state index contributed by atoms with van der Waals surface area (Å²) in [6.07, 6.45) is 2.58. The largest absolute Gasteiger partial charge is 0.302 e. The number of nitrogens with zero attached hydrogens (tertiary/aromatic N) is 1. The third-order valence-electron chi connectivity index (χ3n) is 2.47. The Morgan fingerprint density at radius 1 is 0.882 bits per heavy atom. The van der Waals surface area contributed by atoms with E-state index in [0.717, 1.165) is 17.5 Å². The van der Waals surface area contributed by atoms with Crippen LogP contribution in [0, 0.1) is 0 Å². The lowest BCUT2D eigenvalue weighted by Crippen LogP contribution is -2.00. The van der Waals surface area contributed by atoms with E-state index in [1.807, 2.05) is 60.7 Å². The SMILES string of the molecule is O=CC(C=Nc1ccccc1)c1ccccc1. The minimum atomic E-state index is -0.281. The molecule has 1 atom stereocenters. The van der Waals surface area contributed by atoms with E-state index >= 15 is 0 Å². The number of aldehydes is 1. The number of rotatable bonds is 4. The summed E-state index contributed by atoms with van der Waals surface area (Å²) in [5.74, 6) is -0.281. The molecule has 0 N–H and O–H groups in total. The third-order valence-corrected chi connectivity index (χ3v) is 2.47. The highest BCUT2D eigenvalue weighted by atomic mass is 16.1. The van der Waals surface area contributed by atoms with Gasteiger partial charge in [-0.15, -0.1) is 0 Å². The average Bonchev–Trinajstić information content (AvgIpc) is 2.42. The van der Waals surface area contributed by atoms with Crippen LogP contribution in [-0.2, 0) is 4.79 Å². The van der Waals surface area contributed by atoms with E-state index in [9.17, 15) is 4.79 Å². The molecule has 0 spiro atoms. The van der Waals surface area contributed by atoms with Crippen LogP contribution in [0.2, 0.25) is 0 Å². The Morgan fingerprint density at radius 2 is 1.47 bits per heavy atom. The molecule has 84 valence electrons. The van der Waals surface area contributed by atoms with Gasteiger partial charge in [-0.25, -0.2) is 0 Å². The molecule has 17 heavy (non-hydrogen) atoms. The molecule has 0 saturated carbocycles. The first-order valence-corrected chi connectivity index (χ1v) is 5.49. The molecule has 2 nitrogen and oxygen atoms in total. The van der Waals surface area contributed by atoms with Crippen molar-refractivity contribution in [3.8, 4) is 0 Å². The highest BCUT2D eigenvalue weighted by molar-refractivity contribution is 5.89. The lowest BCUT2D eigenvalue weighted by atomic mass is 10.0. The van der Waals surface area contributed by atoms with Crippen LogP contribution >= 0.6 is 0 Å². The van der Waals surface area contributed by atoms with Crippen LogP contribution in [-0.4, -0.2) is 12.5 Å². The molecule has 0 amide bonds. The van der Waals surface area contributed by atoms with Crippen molar-refractivity contribution in [2.24, 2.45) is 4.99 Å². The molecule has 0 aromatic heterocycles. The number of hydrogen-bond acceptors (Lipinski definition) is 2. The smallest absolute Gasteiger partial charge is 0.132 e. The molecule has 0 radical (unpaired) electrons. The molecule has 0 aliphatic heterocycles. The average molecular weight is 223 g/mol. The molecule has 0 bridgehead atoms. The molecule has 0 aliphatic carbocycles. The summed E-state index contributed by atoms with van der Waals surface area (Å²) in [5.41, 5.74) is 1.82. The van der Waals surface area contributed by atoms with Crippen molar-refractivity contribution in [3.05, 3.63) is 66.2 Å². The van der Waals surface area contributed by atoms with Crippen molar-refractivity contribution in [2.75, 3.05) is 0 Å². The lowest BCUT2D eigenvalue weighted by molar-refractivity contribution is -0.107. The van der Waals surface area contributed by atoms with Crippen LogP contribution in [0.4, 0.5) is 5.69 Å².